The summed E-state index contributed by atoms with van der Waals surface area (Å²) in [5.41, 5.74) is 3.28. The van der Waals surface area contributed by atoms with Crippen molar-refractivity contribution in [2.45, 2.75) is 25.4 Å². The van der Waals surface area contributed by atoms with Gasteiger partial charge in [0.15, 0.2) is 11.5 Å². The van der Waals surface area contributed by atoms with Crippen molar-refractivity contribution in [2.75, 3.05) is 57.9 Å². The van der Waals surface area contributed by atoms with Crippen molar-refractivity contribution in [2.24, 2.45) is 0 Å². The third-order valence-electron chi connectivity index (χ3n) is 6.41. The number of benzene rings is 2. The fourth-order valence-corrected chi connectivity index (χ4v) is 4.76. The number of nitrogens with one attached hydrogen (secondary N) is 1. The molecule has 0 spiro atoms. The molecule has 0 unspecified atom stereocenters. The van der Waals surface area contributed by atoms with Crippen molar-refractivity contribution in [3.05, 3.63) is 53.6 Å². The van der Waals surface area contributed by atoms with Crippen molar-refractivity contribution >= 4 is 11.6 Å². The molecule has 1 amide bonds. The first-order valence-corrected chi connectivity index (χ1v) is 11.6. The van der Waals surface area contributed by atoms with Crippen LogP contribution in [0, 0.1) is 0 Å². The average Bonchev–Trinajstić information content (AvgIpc) is 3.28. The summed E-state index contributed by atoms with van der Waals surface area (Å²) in [5.74, 6) is 1.64. The lowest BCUT2D eigenvalue weighted by molar-refractivity contribution is -0.117. The van der Waals surface area contributed by atoms with E-state index in [4.69, 9.17) is 14.2 Å². The van der Waals surface area contributed by atoms with Crippen LogP contribution in [-0.4, -0.2) is 68.3 Å². The van der Waals surface area contributed by atoms with Crippen LogP contribution in [0.4, 0.5) is 5.69 Å². The number of amides is 1. The number of carbonyl (C=O) groups is 1. The van der Waals surface area contributed by atoms with Crippen molar-refractivity contribution in [3.63, 3.8) is 0 Å². The molecule has 2 aromatic rings. The molecule has 0 bridgehead atoms. The maximum absolute atomic E-state index is 12.8. The van der Waals surface area contributed by atoms with E-state index in [0.29, 0.717) is 19.8 Å². The minimum Gasteiger partial charge on any atom is -0.486 e. The first-order chi connectivity index (χ1) is 15.7. The molecule has 5 rings (SSSR count). The highest BCUT2D eigenvalue weighted by Crippen LogP contribution is 2.37. The molecule has 0 aliphatic carbocycles. The molecule has 3 aliphatic rings. The smallest absolute Gasteiger partial charge is 0.238 e. The molecule has 7 nitrogen and oxygen atoms in total. The van der Waals surface area contributed by atoms with E-state index in [-0.39, 0.29) is 11.9 Å². The number of hydrogen-bond donors (Lipinski definition) is 1. The van der Waals surface area contributed by atoms with Gasteiger partial charge in [0.25, 0.3) is 0 Å². The minimum absolute atomic E-state index is 0.0235. The zero-order chi connectivity index (χ0) is 21.8. The Labute approximate surface area is 189 Å². The Balaban J connectivity index is 1.16. The van der Waals surface area contributed by atoms with E-state index in [0.717, 1.165) is 69.4 Å². The second-order valence-electron chi connectivity index (χ2n) is 8.67. The Bertz CT molecular complexity index is 927. The third kappa shape index (κ3) is 5.06. The van der Waals surface area contributed by atoms with Gasteiger partial charge < -0.3 is 19.5 Å². The summed E-state index contributed by atoms with van der Waals surface area (Å²) in [6.07, 6.45) is 2.13. The molecule has 7 heteroatoms. The van der Waals surface area contributed by atoms with E-state index in [1.807, 2.05) is 18.2 Å². The Kier molecular flexibility index (Phi) is 6.57. The molecule has 0 radical (unpaired) electrons. The van der Waals surface area contributed by atoms with E-state index < -0.39 is 0 Å². The number of anilines is 1. The molecule has 2 saturated heterocycles. The predicted molar refractivity (Wildman–Crippen MR) is 122 cm³/mol. The van der Waals surface area contributed by atoms with Gasteiger partial charge in [0.1, 0.15) is 13.2 Å². The lowest BCUT2D eigenvalue weighted by Gasteiger charge is -2.26. The lowest BCUT2D eigenvalue weighted by Crippen LogP contribution is -2.35. The molecule has 0 aromatic heterocycles. The molecule has 0 saturated carbocycles. The topological polar surface area (TPSA) is 63.3 Å². The van der Waals surface area contributed by atoms with Gasteiger partial charge in [-0.15, -0.1) is 0 Å². The maximum atomic E-state index is 12.8. The van der Waals surface area contributed by atoms with Crippen LogP contribution in [0.3, 0.4) is 0 Å². The second-order valence-corrected chi connectivity index (χ2v) is 8.67. The summed E-state index contributed by atoms with van der Waals surface area (Å²) >= 11 is 0. The summed E-state index contributed by atoms with van der Waals surface area (Å²) in [6, 6.07) is 14.6. The number of morpholine rings is 1. The minimum atomic E-state index is 0.0235. The third-order valence-corrected chi connectivity index (χ3v) is 6.41. The number of fused-ring (bicyclic) bond motifs is 1. The quantitative estimate of drug-likeness (QED) is 0.750. The van der Waals surface area contributed by atoms with Gasteiger partial charge in [0, 0.05) is 31.4 Å². The summed E-state index contributed by atoms with van der Waals surface area (Å²) in [6.45, 7) is 6.95. The number of nitrogens with zero attached hydrogens (tertiary/aromatic N) is 2. The van der Waals surface area contributed by atoms with E-state index in [9.17, 15) is 4.79 Å². The fourth-order valence-electron chi connectivity index (χ4n) is 4.76. The lowest BCUT2D eigenvalue weighted by atomic mass is 10.0. The highest BCUT2D eigenvalue weighted by atomic mass is 16.6. The number of likely N-dealkylation sites (tertiary alicyclic amines) is 1. The van der Waals surface area contributed by atoms with Crippen LogP contribution in [0.15, 0.2) is 42.5 Å². The van der Waals surface area contributed by atoms with Crippen molar-refractivity contribution in [1.29, 1.82) is 0 Å². The molecule has 2 fully saturated rings. The van der Waals surface area contributed by atoms with E-state index in [1.54, 1.807) is 0 Å². The van der Waals surface area contributed by atoms with Gasteiger partial charge in [-0.2, -0.15) is 0 Å². The highest BCUT2D eigenvalue weighted by Gasteiger charge is 2.28. The van der Waals surface area contributed by atoms with Crippen molar-refractivity contribution in [1.82, 2.24) is 9.80 Å². The standard InChI is InChI=1S/C25H31N3O4/c29-25(26-21-6-3-19(4-7-21)17-27-10-12-30-13-11-27)18-28-9-1-2-22(28)20-5-8-23-24(16-20)32-15-14-31-23/h3-8,16,22H,1-2,9-15,17-18H2,(H,26,29)/t22-/m1/s1. The SMILES string of the molecule is O=C(CN1CCC[C@@H]1c1ccc2c(c1)OCCO2)Nc1ccc(CN2CCOCC2)cc1. The van der Waals surface area contributed by atoms with Crippen LogP contribution in [0.2, 0.25) is 0 Å². The molecular weight excluding hydrogens is 406 g/mol. The van der Waals surface area contributed by atoms with Crippen molar-refractivity contribution in [3.8, 4) is 11.5 Å². The second kappa shape index (κ2) is 9.90. The zero-order valence-electron chi connectivity index (χ0n) is 18.4. The number of rotatable bonds is 6. The van der Waals surface area contributed by atoms with E-state index in [1.165, 1.54) is 11.1 Å². The summed E-state index contributed by atoms with van der Waals surface area (Å²) in [5, 5.41) is 3.06. The van der Waals surface area contributed by atoms with Crippen molar-refractivity contribution < 1.29 is 19.0 Å². The number of ether oxygens (including phenoxy) is 3. The van der Waals surface area contributed by atoms with Gasteiger partial charge in [-0.05, 0) is 54.8 Å². The normalized spacial score (nSPS) is 21.4. The van der Waals surface area contributed by atoms with Crippen LogP contribution in [-0.2, 0) is 16.1 Å². The van der Waals surface area contributed by atoms with Gasteiger partial charge in [0.05, 0.1) is 19.8 Å². The van der Waals surface area contributed by atoms with Crippen LogP contribution in [0.1, 0.15) is 30.0 Å². The van der Waals surface area contributed by atoms with Gasteiger partial charge >= 0.3 is 0 Å². The van der Waals surface area contributed by atoms with Crippen LogP contribution >= 0.6 is 0 Å². The molecule has 1 atom stereocenters. The Morgan fingerprint density at radius 3 is 2.53 bits per heavy atom. The van der Waals surface area contributed by atoms with Crippen LogP contribution in [0.5, 0.6) is 11.5 Å². The molecule has 170 valence electrons. The zero-order valence-corrected chi connectivity index (χ0v) is 18.4. The average molecular weight is 438 g/mol. The molecule has 3 aliphatic heterocycles. The maximum Gasteiger partial charge on any atom is 0.238 e. The van der Waals surface area contributed by atoms with Gasteiger partial charge in [-0.25, -0.2) is 0 Å². The number of carbonyl (C=O) groups excluding carboxylic acids is 1. The largest absolute Gasteiger partial charge is 0.486 e. The summed E-state index contributed by atoms with van der Waals surface area (Å²) in [4.78, 5) is 17.4. The van der Waals surface area contributed by atoms with Crippen LogP contribution in [0.25, 0.3) is 0 Å². The predicted octanol–water partition coefficient (Wildman–Crippen LogP) is 3.07. The fraction of sp³-hybridized carbons (Fsp3) is 0.480. The molecular formula is C25H31N3O4. The summed E-state index contributed by atoms with van der Waals surface area (Å²) in [7, 11) is 0. The highest BCUT2D eigenvalue weighted by molar-refractivity contribution is 5.92. The van der Waals surface area contributed by atoms with Crippen LogP contribution < -0.4 is 14.8 Å². The monoisotopic (exact) mass is 437 g/mol. The number of hydrogen-bond acceptors (Lipinski definition) is 6. The molecule has 1 N–H and O–H groups in total. The molecule has 32 heavy (non-hydrogen) atoms. The molecule has 3 heterocycles. The van der Waals surface area contributed by atoms with Gasteiger partial charge in [-0.1, -0.05) is 18.2 Å². The first-order valence-electron chi connectivity index (χ1n) is 11.6. The first kappa shape index (κ1) is 21.2. The summed E-state index contributed by atoms with van der Waals surface area (Å²) < 4.78 is 16.8. The Morgan fingerprint density at radius 2 is 1.72 bits per heavy atom. The van der Waals surface area contributed by atoms with E-state index >= 15 is 0 Å². The Morgan fingerprint density at radius 1 is 0.938 bits per heavy atom. The molecule has 2 aromatic carbocycles. The van der Waals surface area contributed by atoms with Gasteiger partial charge in [-0.3, -0.25) is 14.6 Å². The Hall–Kier alpha value is -2.61. The van der Waals surface area contributed by atoms with E-state index in [2.05, 4.69) is 39.4 Å². The van der Waals surface area contributed by atoms with Gasteiger partial charge in [0.2, 0.25) is 5.91 Å².